The molecular formula is C25H23BrN2O2. The van der Waals surface area contributed by atoms with Gasteiger partial charge in [-0.25, -0.2) is 4.98 Å². The van der Waals surface area contributed by atoms with Crippen LogP contribution in [0.2, 0.25) is 0 Å². The SMILES string of the molecule is Br.O=C(O)Cc1ccc(Cn2cc(-c3ccccc3)nc2Cc2ccccc2)cc1. The number of carboxylic acid groups (broad SMARTS) is 1. The summed E-state index contributed by atoms with van der Waals surface area (Å²) < 4.78 is 2.18. The molecule has 0 spiro atoms. The zero-order valence-corrected chi connectivity index (χ0v) is 18.2. The molecule has 0 fully saturated rings. The minimum absolute atomic E-state index is 0. The van der Waals surface area contributed by atoms with E-state index in [4.69, 9.17) is 10.1 Å². The molecule has 0 aliphatic rings. The average Bonchev–Trinajstić information content (AvgIpc) is 3.13. The largest absolute Gasteiger partial charge is 0.481 e. The van der Waals surface area contributed by atoms with Crippen molar-refractivity contribution in [3.8, 4) is 11.3 Å². The highest BCUT2D eigenvalue weighted by Gasteiger charge is 2.11. The van der Waals surface area contributed by atoms with Crippen LogP contribution in [0.5, 0.6) is 0 Å². The highest BCUT2D eigenvalue weighted by atomic mass is 79.9. The van der Waals surface area contributed by atoms with Crippen molar-refractivity contribution in [3.05, 3.63) is 114 Å². The molecule has 0 aliphatic heterocycles. The molecule has 3 aromatic carbocycles. The van der Waals surface area contributed by atoms with Crippen molar-refractivity contribution in [1.29, 1.82) is 0 Å². The number of aromatic nitrogens is 2. The third-order valence-electron chi connectivity index (χ3n) is 4.87. The van der Waals surface area contributed by atoms with E-state index in [-0.39, 0.29) is 23.4 Å². The molecule has 0 saturated carbocycles. The Balaban J connectivity index is 0.00000256. The Kier molecular flexibility index (Phi) is 7.20. The number of nitrogens with zero attached hydrogens (tertiary/aromatic N) is 2. The van der Waals surface area contributed by atoms with Gasteiger partial charge in [0.15, 0.2) is 0 Å². The van der Waals surface area contributed by atoms with Crippen molar-refractivity contribution in [2.45, 2.75) is 19.4 Å². The molecular weight excluding hydrogens is 440 g/mol. The maximum Gasteiger partial charge on any atom is 0.307 e. The summed E-state index contributed by atoms with van der Waals surface area (Å²) in [7, 11) is 0. The Bertz CT molecular complexity index is 1090. The number of hydrogen-bond donors (Lipinski definition) is 1. The summed E-state index contributed by atoms with van der Waals surface area (Å²) in [6.07, 6.45) is 2.90. The molecule has 4 nitrogen and oxygen atoms in total. The fraction of sp³-hybridized carbons (Fsp3) is 0.120. The molecule has 1 aromatic heterocycles. The molecule has 152 valence electrons. The van der Waals surface area contributed by atoms with Crippen LogP contribution in [0.25, 0.3) is 11.3 Å². The summed E-state index contributed by atoms with van der Waals surface area (Å²) in [4.78, 5) is 15.8. The van der Waals surface area contributed by atoms with Gasteiger partial charge < -0.3 is 9.67 Å². The van der Waals surface area contributed by atoms with Gasteiger partial charge in [-0.15, -0.1) is 17.0 Å². The van der Waals surface area contributed by atoms with Crippen LogP contribution in [0.1, 0.15) is 22.5 Å². The molecule has 0 saturated heterocycles. The molecule has 0 radical (unpaired) electrons. The fourth-order valence-electron chi connectivity index (χ4n) is 3.39. The first-order valence-electron chi connectivity index (χ1n) is 9.62. The lowest BCUT2D eigenvalue weighted by Crippen LogP contribution is -2.05. The number of carbonyl (C=O) groups is 1. The van der Waals surface area contributed by atoms with E-state index >= 15 is 0 Å². The molecule has 5 heteroatoms. The lowest BCUT2D eigenvalue weighted by Gasteiger charge is -2.09. The van der Waals surface area contributed by atoms with Crippen LogP contribution in [0, 0.1) is 0 Å². The van der Waals surface area contributed by atoms with Gasteiger partial charge in [0.1, 0.15) is 5.82 Å². The van der Waals surface area contributed by atoms with Crippen LogP contribution in [-0.4, -0.2) is 20.6 Å². The Labute approximate surface area is 186 Å². The van der Waals surface area contributed by atoms with E-state index < -0.39 is 5.97 Å². The summed E-state index contributed by atoms with van der Waals surface area (Å²) in [5.74, 6) is 0.190. The summed E-state index contributed by atoms with van der Waals surface area (Å²) in [6, 6.07) is 28.3. The average molecular weight is 463 g/mol. The van der Waals surface area contributed by atoms with Gasteiger partial charge in [-0.3, -0.25) is 4.79 Å². The van der Waals surface area contributed by atoms with Crippen LogP contribution < -0.4 is 0 Å². The highest BCUT2D eigenvalue weighted by molar-refractivity contribution is 8.93. The number of aliphatic carboxylic acids is 1. The Morgan fingerprint density at radius 1 is 0.800 bits per heavy atom. The van der Waals surface area contributed by atoms with Gasteiger partial charge in [-0.05, 0) is 16.7 Å². The van der Waals surface area contributed by atoms with Crippen LogP contribution in [0.15, 0.2) is 91.1 Å². The number of halogens is 1. The van der Waals surface area contributed by atoms with Gasteiger partial charge in [0.05, 0.1) is 12.1 Å². The molecule has 0 atom stereocenters. The van der Waals surface area contributed by atoms with Gasteiger partial charge in [-0.2, -0.15) is 0 Å². The van der Waals surface area contributed by atoms with E-state index in [1.54, 1.807) is 0 Å². The minimum Gasteiger partial charge on any atom is -0.481 e. The molecule has 0 aliphatic carbocycles. The van der Waals surface area contributed by atoms with Crippen LogP contribution >= 0.6 is 17.0 Å². The van der Waals surface area contributed by atoms with Crippen molar-refractivity contribution in [2.75, 3.05) is 0 Å². The van der Waals surface area contributed by atoms with Crippen LogP contribution in [0.3, 0.4) is 0 Å². The lowest BCUT2D eigenvalue weighted by atomic mass is 10.1. The van der Waals surface area contributed by atoms with Crippen molar-refractivity contribution in [2.24, 2.45) is 0 Å². The van der Waals surface area contributed by atoms with Gasteiger partial charge >= 0.3 is 5.97 Å². The quantitative estimate of drug-likeness (QED) is 0.400. The highest BCUT2D eigenvalue weighted by Crippen LogP contribution is 2.21. The second-order valence-corrected chi connectivity index (χ2v) is 7.09. The predicted molar refractivity (Wildman–Crippen MR) is 124 cm³/mol. The molecule has 0 amide bonds. The van der Waals surface area contributed by atoms with Gasteiger partial charge in [0.25, 0.3) is 0 Å². The van der Waals surface area contributed by atoms with Gasteiger partial charge in [0, 0.05) is 24.7 Å². The number of rotatable bonds is 7. The van der Waals surface area contributed by atoms with E-state index in [0.717, 1.165) is 34.6 Å². The molecule has 30 heavy (non-hydrogen) atoms. The third-order valence-corrected chi connectivity index (χ3v) is 4.87. The smallest absolute Gasteiger partial charge is 0.307 e. The van der Waals surface area contributed by atoms with Crippen molar-refractivity contribution >= 4 is 23.0 Å². The molecule has 1 N–H and O–H groups in total. The van der Waals surface area contributed by atoms with Crippen LogP contribution in [-0.2, 0) is 24.2 Å². The van der Waals surface area contributed by atoms with Crippen LogP contribution in [0.4, 0.5) is 0 Å². The number of imidazole rings is 1. The lowest BCUT2D eigenvalue weighted by molar-refractivity contribution is -0.136. The van der Waals surface area contributed by atoms with E-state index in [2.05, 4.69) is 35.0 Å². The first-order valence-corrected chi connectivity index (χ1v) is 9.62. The Morgan fingerprint density at radius 3 is 2.03 bits per heavy atom. The Hall–Kier alpha value is -3.18. The molecule has 4 aromatic rings. The zero-order valence-electron chi connectivity index (χ0n) is 16.4. The summed E-state index contributed by atoms with van der Waals surface area (Å²) in [5, 5.41) is 8.95. The molecule has 0 bridgehead atoms. The fourth-order valence-corrected chi connectivity index (χ4v) is 3.39. The second kappa shape index (κ2) is 10.0. The van der Waals surface area contributed by atoms with E-state index in [9.17, 15) is 4.79 Å². The number of hydrogen-bond acceptors (Lipinski definition) is 2. The van der Waals surface area contributed by atoms with E-state index in [1.165, 1.54) is 5.56 Å². The van der Waals surface area contributed by atoms with E-state index in [1.807, 2.05) is 60.7 Å². The summed E-state index contributed by atoms with van der Waals surface area (Å²) in [5.41, 5.74) is 5.19. The minimum atomic E-state index is -0.815. The molecule has 0 unspecified atom stereocenters. The molecule has 1 heterocycles. The third kappa shape index (κ3) is 5.45. The maximum absolute atomic E-state index is 10.9. The second-order valence-electron chi connectivity index (χ2n) is 7.09. The Morgan fingerprint density at radius 2 is 1.40 bits per heavy atom. The van der Waals surface area contributed by atoms with Crippen molar-refractivity contribution < 1.29 is 9.90 Å². The normalized spacial score (nSPS) is 10.4. The molecule has 4 rings (SSSR count). The standard InChI is InChI=1S/C25H22N2O2.BrH/c28-25(29)16-20-11-13-21(14-12-20)17-27-18-23(22-9-5-2-6-10-22)26-24(27)15-19-7-3-1-4-8-19;/h1-14,18H,15-17H2,(H,28,29);1H. The monoisotopic (exact) mass is 462 g/mol. The maximum atomic E-state index is 10.9. The zero-order chi connectivity index (χ0) is 20.1. The topological polar surface area (TPSA) is 55.1 Å². The predicted octanol–water partition coefficient (Wildman–Crippen LogP) is 5.39. The number of carboxylic acids is 1. The van der Waals surface area contributed by atoms with E-state index in [0.29, 0.717) is 6.54 Å². The first-order chi connectivity index (χ1) is 14.2. The first kappa shape index (κ1) is 21.5. The number of benzene rings is 3. The summed E-state index contributed by atoms with van der Waals surface area (Å²) >= 11 is 0. The van der Waals surface area contributed by atoms with Crippen molar-refractivity contribution in [1.82, 2.24) is 9.55 Å². The van der Waals surface area contributed by atoms with Crippen molar-refractivity contribution in [3.63, 3.8) is 0 Å². The van der Waals surface area contributed by atoms with Gasteiger partial charge in [-0.1, -0.05) is 84.9 Å². The van der Waals surface area contributed by atoms with Gasteiger partial charge in [0.2, 0.25) is 0 Å². The summed E-state index contributed by atoms with van der Waals surface area (Å²) in [6.45, 7) is 0.690.